The molecule has 5 heteroatoms. The van der Waals surface area contributed by atoms with Crippen molar-refractivity contribution in [2.75, 3.05) is 13.7 Å². The van der Waals surface area contributed by atoms with Gasteiger partial charge in [-0.25, -0.2) is 4.98 Å². The van der Waals surface area contributed by atoms with Crippen molar-refractivity contribution < 1.29 is 14.3 Å². The molecular weight excluding hydrogens is 238 g/mol. The molecule has 0 saturated heterocycles. The number of rotatable bonds is 7. The highest BCUT2D eigenvalue weighted by atomic mass is 32.1. The summed E-state index contributed by atoms with van der Waals surface area (Å²) >= 11 is 1.58. The zero-order valence-electron chi connectivity index (χ0n) is 10.6. The minimum atomic E-state index is -0.166. The molecule has 0 bridgehead atoms. The quantitative estimate of drug-likeness (QED) is 0.705. The Morgan fingerprint density at radius 2 is 2.29 bits per heavy atom. The van der Waals surface area contributed by atoms with Gasteiger partial charge in [0.25, 0.3) is 0 Å². The van der Waals surface area contributed by atoms with E-state index >= 15 is 0 Å². The molecule has 0 aliphatic rings. The average Bonchev–Trinajstić information content (AvgIpc) is 2.77. The first-order valence-corrected chi connectivity index (χ1v) is 6.71. The molecule has 1 heterocycles. The lowest BCUT2D eigenvalue weighted by Crippen LogP contribution is -2.05. The summed E-state index contributed by atoms with van der Waals surface area (Å²) in [4.78, 5) is 15.7. The number of carbonyl (C=O) groups excluding carboxylic acids is 1. The highest BCUT2D eigenvalue weighted by Gasteiger charge is 2.13. The normalized spacial score (nSPS) is 12.4. The third-order valence-electron chi connectivity index (χ3n) is 2.39. The maximum absolute atomic E-state index is 11.2. The van der Waals surface area contributed by atoms with Crippen LogP contribution >= 0.6 is 11.3 Å². The molecule has 0 radical (unpaired) electrons. The lowest BCUT2D eigenvalue weighted by atomic mass is 10.2. The van der Waals surface area contributed by atoms with Crippen molar-refractivity contribution in [3.8, 4) is 0 Å². The summed E-state index contributed by atoms with van der Waals surface area (Å²) in [5, 5.41) is 2.96. The lowest BCUT2D eigenvalue weighted by Gasteiger charge is -2.08. The average molecular weight is 257 g/mol. The van der Waals surface area contributed by atoms with Gasteiger partial charge in [-0.2, -0.15) is 0 Å². The Kier molecular flexibility index (Phi) is 6.15. The molecule has 17 heavy (non-hydrogen) atoms. The molecule has 0 aromatic carbocycles. The van der Waals surface area contributed by atoms with Crippen LogP contribution in [0.15, 0.2) is 5.38 Å². The van der Waals surface area contributed by atoms with Crippen molar-refractivity contribution in [1.82, 2.24) is 4.98 Å². The summed E-state index contributed by atoms with van der Waals surface area (Å²) in [6.45, 7) is 4.31. The second-order valence-corrected chi connectivity index (χ2v) is 4.50. The fourth-order valence-corrected chi connectivity index (χ4v) is 2.50. The molecule has 0 saturated carbocycles. The minimum Gasteiger partial charge on any atom is -0.466 e. The van der Waals surface area contributed by atoms with E-state index in [1.807, 2.05) is 12.3 Å². The van der Waals surface area contributed by atoms with Gasteiger partial charge in [0, 0.05) is 18.9 Å². The van der Waals surface area contributed by atoms with Crippen LogP contribution in [-0.2, 0) is 20.7 Å². The second kappa shape index (κ2) is 7.40. The van der Waals surface area contributed by atoms with Crippen LogP contribution in [0.1, 0.15) is 43.5 Å². The number of aromatic nitrogens is 1. The summed E-state index contributed by atoms with van der Waals surface area (Å²) in [5.41, 5.74) is 0.938. The van der Waals surface area contributed by atoms with E-state index in [-0.39, 0.29) is 12.1 Å². The summed E-state index contributed by atoms with van der Waals surface area (Å²) in [6.07, 6.45) is 1.99. The number of hydrogen-bond donors (Lipinski definition) is 0. The van der Waals surface area contributed by atoms with E-state index in [1.165, 1.54) is 0 Å². The first-order chi connectivity index (χ1) is 8.21. The van der Waals surface area contributed by atoms with Gasteiger partial charge in [-0.05, 0) is 13.3 Å². The van der Waals surface area contributed by atoms with Gasteiger partial charge in [0.1, 0.15) is 11.1 Å². The van der Waals surface area contributed by atoms with E-state index in [0.29, 0.717) is 19.4 Å². The second-order valence-electron chi connectivity index (χ2n) is 3.61. The SMILES string of the molecule is CCOC(=O)CCc1csc(C(CC)OC)n1. The molecule has 1 atom stereocenters. The van der Waals surface area contributed by atoms with Crippen LogP contribution in [0, 0.1) is 0 Å². The van der Waals surface area contributed by atoms with Gasteiger partial charge in [-0.15, -0.1) is 11.3 Å². The number of thiazole rings is 1. The van der Waals surface area contributed by atoms with Crippen LogP contribution in [0.2, 0.25) is 0 Å². The number of nitrogens with zero attached hydrogens (tertiary/aromatic N) is 1. The number of carbonyl (C=O) groups is 1. The molecule has 4 nitrogen and oxygen atoms in total. The third-order valence-corrected chi connectivity index (χ3v) is 3.38. The Labute approximate surface area is 106 Å². The molecule has 0 spiro atoms. The maximum Gasteiger partial charge on any atom is 0.306 e. The van der Waals surface area contributed by atoms with Crippen LogP contribution < -0.4 is 0 Å². The molecule has 1 unspecified atom stereocenters. The van der Waals surface area contributed by atoms with Gasteiger partial charge < -0.3 is 9.47 Å². The molecule has 0 aliphatic heterocycles. The van der Waals surface area contributed by atoms with Crippen LogP contribution in [0.4, 0.5) is 0 Å². The summed E-state index contributed by atoms with van der Waals surface area (Å²) < 4.78 is 10.2. The third kappa shape index (κ3) is 4.44. The van der Waals surface area contributed by atoms with Crippen molar-refractivity contribution in [2.45, 2.75) is 39.2 Å². The summed E-state index contributed by atoms with van der Waals surface area (Å²) in [7, 11) is 1.69. The molecule has 1 aromatic rings. The highest BCUT2D eigenvalue weighted by Crippen LogP contribution is 2.24. The predicted octanol–water partition coefficient (Wildman–Crippen LogP) is 2.74. The van der Waals surface area contributed by atoms with E-state index in [4.69, 9.17) is 9.47 Å². The predicted molar refractivity (Wildman–Crippen MR) is 67.1 cm³/mol. The number of hydrogen-bond acceptors (Lipinski definition) is 5. The monoisotopic (exact) mass is 257 g/mol. The molecule has 96 valence electrons. The topological polar surface area (TPSA) is 48.4 Å². The number of esters is 1. The van der Waals surface area contributed by atoms with Gasteiger partial charge in [-0.3, -0.25) is 4.79 Å². The zero-order valence-corrected chi connectivity index (χ0v) is 11.4. The van der Waals surface area contributed by atoms with Gasteiger partial charge in [0.15, 0.2) is 0 Å². The fourth-order valence-electron chi connectivity index (χ4n) is 1.49. The Morgan fingerprint density at radius 3 is 2.88 bits per heavy atom. The lowest BCUT2D eigenvalue weighted by molar-refractivity contribution is -0.143. The van der Waals surface area contributed by atoms with Gasteiger partial charge >= 0.3 is 5.97 Å². The smallest absolute Gasteiger partial charge is 0.306 e. The molecule has 0 amide bonds. The van der Waals surface area contributed by atoms with Gasteiger partial charge in [0.2, 0.25) is 0 Å². The van der Waals surface area contributed by atoms with Crippen LogP contribution in [0.5, 0.6) is 0 Å². The molecule has 1 aromatic heterocycles. The van der Waals surface area contributed by atoms with E-state index in [1.54, 1.807) is 18.4 Å². The van der Waals surface area contributed by atoms with E-state index < -0.39 is 0 Å². The van der Waals surface area contributed by atoms with E-state index in [0.717, 1.165) is 17.1 Å². The zero-order chi connectivity index (χ0) is 12.7. The minimum absolute atomic E-state index is 0.0661. The Morgan fingerprint density at radius 1 is 1.53 bits per heavy atom. The van der Waals surface area contributed by atoms with Crippen molar-refractivity contribution >= 4 is 17.3 Å². The largest absolute Gasteiger partial charge is 0.466 e. The maximum atomic E-state index is 11.2. The number of methoxy groups -OCH3 is 1. The first kappa shape index (κ1) is 14.1. The standard InChI is InChI=1S/C12H19NO3S/c1-4-10(15-3)12-13-9(8-17-12)6-7-11(14)16-5-2/h8,10H,4-7H2,1-3H3. The van der Waals surface area contributed by atoms with Crippen LogP contribution in [0.25, 0.3) is 0 Å². The van der Waals surface area contributed by atoms with Gasteiger partial charge in [-0.1, -0.05) is 6.92 Å². The number of aryl methyl sites for hydroxylation is 1. The molecule has 1 rings (SSSR count). The molecule has 0 aliphatic carbocycles. The van der Waals surface area contributed by atoms with E-state index in [9.17, 15) is 4.79 Å². The molecular formula is C12H19NO3S. The molecule has 0 N–H and O–H groups in total. The summed E-state index contributed by atoms with van der Waals surface area (Å²) in [6, 6.07) is 0. The number of ether oxygens (including phenoxy) is 2. The Balaban J connectivity index is 2.48. The van der Waals surface area contributed by atoms with Crippen LogP contribution in [0.3, 0.4) is 0 Å². The highest BCUT2D eigenvalue weighted by molar-refractivity contribution is 7.09. The van der Waals surface area contributed by atoms with Crippen molar-refractivity contribution in [1.29, 1.82) is 0 Å². The van der Waals surface area contributed by atoms with E-state index in [2.05, 4.69) is 11.9 Å². The fraction of sp³-hybridized carbons (Fsp3) is 0.667. The summed E-state index contributed by atoms with van der Waals surface area (Å²) in [5.74, 6) is -0.166. The Hall–Kier alpha value is -0.940. The first-order valence-electron chi connectivity index (χ1n) is 5.83. The van der Waals surface area contributed by atoms with Crippen molar-refractivity contribution in [2.24, 2.45) is 0 Å². The van der Waals surface area contributed by atoms with Crippen LogP contribution in [-0.4, -0.2) is 24.7 Å². The Bertz CT molecular complexity index is 347. The van der Waals surface area contributed by atoms with Crippen molar-refractivity contribution in [3.63, 3.8) is 0 Å². The van der Waals surface area contributed by atoms with Gasteiger partial charge in [0.05, 0.1) is 18.7 Å². The van der Waals surface area contributed by atoms with Crippen molar-refractivity contribution in [3.05, 3.63) is 16.1 Å². The molecule has 0 fully saturated rings.